The number of unbranched alkanes of at least 4 members (excludes halogenated alkanes) is 18. The van der Waals surface area contributed by atoms with Crippen molar-refractivity contribution in [1.29, 1.82) is 0 Å². The van der Waals surface area contributed by atoms with Gasteiger partial charge >= 0.3 is 0 Å². The molecule has 3 rings (SSSR count). The number of amides is 4. The third-order valence-corrected chi connectivity index (χ3v) is 12.6. The second-order valence-electron chi connectivity index (χ2n) is 16.6. The lowest BCUT2D eigenvalue weighted by Crippen LogP contribution is -2.33. The molecule has 2 aliphatic heterocycles. The van der Waals surface area contributed by atoms with Crippen molar-refractivity contribution in [2.45, 2.75) is 219 Å². The lowest BCUT2D eigenvalue weighted by Gasteiger charge is -2.43. The average molecular weight is 699 g/mol. The van der Waals surface area contributed by atoms with Crippen LogP contribution in [0.3, 0.4) is 0 Å². The smallest absolute Gasteiger partial charge is 0.229 e. The lowest BCUT2D eigenvalue weighted by atomic mass is 9.62. The van der Waals surface area contributed by atoms with Gasteiger partial charge < -0.3 is 0 Å². The molecule has 0 bridgehead atoms. The van der Waals surface area contributed by atoms with Crippen molar-refractivity contribution < 1.29 is 19.2 Å². The van der Waals surface area contributed by atoms with Crippen molar-refractivity contribution in [1.82, 2.24) is 9.80 Å². The Morgan fingerprint density at radius 1 is 0.400 bits per heavy atom. The summed E-state index contributed by atoms with van der Waals surface area (Å²) >= 11 is 0. The standard InChI is InChI=1S/C44H78N2O4/c1-3-5-7-9-16-22-28-40-38(26-20-8-6-4-2)35-37(25-19-14-10-12-17-23-33-45-41(47)29-30-42(45)48)36-39(40)27-21-15-11-13-18-24-34-46-43(49)31-32-44(46)50/h37-40H,3-36H2,1-2H3. The van der Waals surface area contributed by atoms with Crippen molar-refractivity contribution in [3.05, 3.63) is 0 Å². The number of imide groups is 2. The Morgan fingerprint density at radius 3 is 1.14 bits per heavy atom. The second kappa shape index (κ2) is 26.1. The Bertz CT molecular complexity index is 934. The van der Waals surface area contributed by atoms with Gasteiger partial charge in [0.1, 0.15) is 0 Å². The number of carbonyl (C=O) groups is 4. The summed E-state index contributed by atoms with van der Waals surface area (Å²) in [5, 5.41) is 0. The SMILES string of the molecule is CCCCCCCCC1C(CCCCCC)CC(CCCCCCCCN2C(=O)CCC2=O)CC1CCCCCCCCN1C(=O)CCC1=O. The van der Waals surface area contributed by atoms with E-state index >= 15 is 0 Å². The molecule has 6 nitrogen and oxygen atoms in total. The molecule has 4 unspecified atom stereocenters. The van der Waals surface area contributed by atoms with Crippen LogP contribution in [0.25, 0.3) is 0 Å². The third kappa shape index (κ3) is 16.3. The van der Waals surface area contributed by atoms with E-state index in [9.17, 15) is 19.2 Å². The van der Waals surface area contributed by atoms with Crippen molar-refractivity contribution in [2.24, 2.45) is 23.7 Å². The van der Waals surface area contributed by atoms with Crippen LogP contribution in [-0.2, 0) is 19.2 Å². The van der Waals surface area contributed by atoms with Gasteiger partial charge in [-0.3, -0.25) is 29.0 Å². The van der Waals surface area contributed by atoms with Gasteiger partial charge in [0, 0.05) is 38.8 Å². The van der Waals surface area contributed by atoms with Crippen LogP contribution in [0.2, 0.25) is 0 Å². The van der Waals surface area contributed by atoms with Crippen LogP contribution in [0.5, 0.6) is 0 Å². The zero-order chi connectivity index (χ0) is 35.8. The van der Waals surface area contributed by atoms with E-state index in [0.717, 1.165) is 49.4 Å². The molecule has 3 fully saturated rings. The fraction of sp³-hybridized carbons (Fsp3) is 0.909. The summed E-state index contributed by atoms with van der Waals surface area (Å²) in [4.78, 5) is 50.5. The third-order valence-electron chi connectivity index (χ3n) is 12.6. The largest absolute Gasteiger partial charge is 0.283 e. The minimum atomic E-state index is 0.0289. The number of nitrogens with zero attached hydrogens (tertiary/aromatic N) is 2. The fourth-order valence-corrected chi connectivity index (χ4v) is 9.59. The quantitative estimate of drug-likeness (QED) is 0.0553. The molecule has 1 saturated carbocycles. The minimum Gasteiger partial charge on any atom is -0.283 e. The highest BCUT2D eigenvalue weighted by molar-refractivity contribution is 6.02. The summed E-state index contributed by atoms with van der Waals surface area (Å²) < 4.78 is 0. The van der Waals surface area contributed by atoms with Gasteiger partial charge in [0.05, 0.1) is 0 Å². The average Bonchev–Trinajstić information content (AvgIpc) is 3.61. The van der Waals surface area contributed by atoms with Crippen molar-refractivity contribution in [3.63, 3.8) is 0 Å². The molecule has 2 saturated heterocycles. The van der Waals surface area contributed by atoms with Gasteiger partial charge in [-0.2, -0.15) is 0 Å². The highest BCUT2D eigenvalue weighted by Crippen LogP contribution is 2.47. The van der Waals surface area contributed by atoms with Crippen LogP contribution >= 0.6 is 0 Å². The Hall–Kier alpha value is -1.72. The summed E-state index contributed by atoms with van der Waals surface area (Å²) in [5.41, 5.74) is 0. The summed E-state index contributed by atoms with van der Waals surface area (Å²) in [6, 6.07) is 0. The van der Waals surface area contributed by atoms with Crippen LogP contribution in [0.1, 0.15) is 219 Å². The number of likely N-dealkylation sites (tertiary alicyclic amines) is 2. The Morgan fingerprint density at radius 2 is 0.720 bits per heavy atom. The summed E-state index contributed by atoms with van der Waals surface area (Å²) in [7, 11) is 0. The fourth-order valence-electron chi connectivity index (χ4n) is 9.59. The zero-order valence-corrected chi connectivity index (χ0v) is 32.9. The summed E-state index contributed by atoms with van der Waals surface area (Å²) in [5.74, 6) is 3.79. The Balaban J connectivity index is 1.42. The molecule has 0 aromatic rings. The summed E-state index contributed by atoms with van der Waals surface area (Å²) in [6.07, 6.45) is 38.8. The van der Waals surface area contributed by atoms with E-state index in [2.05, 4.69) is 13.8 Å². The predicted octanol–water partition coefficient (Wildman–Crippen LogP) is 11.7. The van der Waals surface area contributed by atoms with Crippen molar-refractivity contribution >= 4 is 23.6 Å². The first-order valence-corrected chi connectivity index (χ1v) is 22.1. The Labute approximate surface area is 308 Å². The van der Waals surface area contributed by atoms with Gasteiger partial charge in [-0.25, -0.2) is 0 Å². The molecule has 4 amide bonds. The molecular formula is C44H78N2O4. The highest BCUT2D eigenvalue weighted by atomic mass is 16.2. The van der Waals surface area contributed by atoms with Crippen LogP contribution < -0.4 is 0 Å². The number of hydrogen-bond acceptors (Lipinski definition) is 4. The second-order valence-corrected chi connectivity index (χ2v) is 16.6. The molecule has 288 valence electrons. The highest BCUT2D eigenvalue weighted by Gasteiger charge is 2.36. The van der Waals surface area contributed by atoms with E-state index in [0.29, 0.717) is 38.8 Å². The van der Waals surface area contributed by atoms with Gasteiger partial charge in [0.15, 0.2) is 0 Å². The molecule has 3 aliphatic rings. The van der Waals surface area contributed by atoms with Crippen LogP contribution in [0.4, 0.5) is 0 Å². The van der Waals surface area contributed by atoms with Crippen molar-refractivity contribution in [2.75, 3.05) is 13.1 Å². The molecule has 0 aromatic carbocycles. The maximum absolute atomic E-state index is 11.9. The van der Waals surface area contributed by atoms with Crippen LogP contribution in [0.15, 0.2) is 0 Å². The maximum atomic E-state index is 11.9. The minimum absolute atomic E-state index is 0.0289. The van der Waals surface area contributed by atoms with E-state index in [-0.39, 0.29) is 23.6 Å². The maximum Gasteiger partial charge on any atom is 0.229 e. The molecule has 6 heteroatoms. The molecule has 2 heterocycles. The van der Waals surface area contributed by atoms with Gasteiger partial charge in [-0.1, -0.05) is 162 Å². The van der Waals surface area contributed by atoms with Gasteiger partial charge in [-0.05, 0) is 55.8 Å². The molecule has 50 heavy (non-hydrogen) atoms. The van der Waals surface area contributed by atoms with Gasteiger partial charge in [-0.15, -0.1) is 0 Å². The van der Waals surface area contributed by atoms with Crippen LogP contribution in [0, 0.1) is 23.7 Å². The zero-order valence-electron chi connectivity index (χ0n) is 32.9. The van der Waals surface area contributed by atoms with Gasteiger partial charge in [0.2, 0.25) is 23.6 Å². The topological polar surface area (TPSA) is 74.8 Å². The number of carbonyl (C=O) groups excluding carboxylic acids is 4. The van der Waals surface area contributed by atoms with E-state index < -0.39 is 0 Å². The van der Waals surface area contributed by atoms with E-state index in [4.69, 9.17) is 0 Å². The van der Waals surface area contributed by atoms with Crippen LogP contribution in [-0.4, -0.2) is 46.5 Å². The monoisotopic (exact) mass is 699 g/mol. The van der Waals surface area contributed by atoms with E-state index in [1.54, 1.807) is 0 Å². The summed E-state index contributed by atoms with van der Waals surface area (Å²) in [6.45, 7) is 5.91. The molecule has 4 atom stereocenters. The molecule has 1 aliphatic carbocycles. The number of hydrogen-bond donors (Lipinski definition) is 0. The molecule has 0 N–H and O–H groups in total. The first-order chi connectivity index (χ1) is 24.4. The van der Waals surface area contributed by atoms with E-state index in [1.165, 1.54) is 164 Å². The van der Waals surface area contributed by atoms with Crippen molar-refractivity contribution in [3.8, 4) is 0 Å². The number of rotatable bonds is 30. The van der Waals surface area contributed by atoms with E-state index in [1.807, 2.05) is 0 Å². The molecule has 0 radical (unpaired) electrons. The molecular weight excluding hydrogens is 620 g/mol. The Kier molecular flexibility index (Phi) is 22.3. The predicted molar refractivity (Wildman–Crippen MR) is 206 cm³/mol. The molecule has 0 spiro atoms. The first-order valence-electron chi connectivity index (χ1n) is 22.1. The molecule has 0 aromatic heterocycles. The van der Waals surface area contributed by atoms with Gasteiger partial charge in [0.25, 0.3) is 0 Å². The first kappa shape index (κ1) is 42.7. The normalized spacial score (nSPS) is 22.8. The lowest BCUT2D eigenvalue weighted by molar-refractivity contribution is -0.140.